The molecule has 0 spiro atoms. The summed E-state index contributed by atoms with van der Waals surface area (Å²) in [6.07, 6.45) is 0. The van der Waals surface area contributed by atoms with Gasteiger partial charge >= 0.3 is 0 Å². The zero-order valence-electron chi connectivity index (χ0n) is 31.2. The molecule has 0 aromatic heterocycles. The average Bonchev–Trinajstić information content (AvgIpc) is 3.80. The Balaban J connectivity index is 1.38. The van der Waals surface area contributed by atoms with Crippen molar-refractivity contribution < 1.29 is 0 Å². The van der Waals surface area contributed by atoms with Crippen LogP contribution in [-0.2, 0) is 0 Å². The van der Waals surface area contributed by atoms with Gasteiger partial charge in [-0.25, -0.2) is 0 Å². The summed E-state index contributed by atoms with van der Waals surface area (Å²) in [5.41, 5.74) is 9.59. The molecule has 0 N–H and O–H groups in total. The first-order valence-electron chi connectivity index (χ1n) is 19.6. The van der Waals surface area contributed by atoms with E-state index in [1.54, 1.807) is 0 Å². The van der Waals surface area contributed by atoms with Crippen molar-refractivity contribution in [2.75, 3.05) is 0 Å². The van der Waals surface area contributed by atoms with Crippen molar-refractivity contribution in [3.8, 4) is 56.6 Å². The smallest absolute Gasteiger partial charge is 0.0992 e. The standard InChI is InChI=1S/C56H30N2/c57-31-33-24-38(35-12-3-1-4-13-35)28-40(26-33)51-49-30-48-43-19-8-7-18-42(43)44-20-11-23-47(53(44)48)54(49)52(41-27-34(32-58)25-39(29-41)36-14-5-2-6-15-36)56-46-22-10-17-37-16-9-21-45(50(37)46)55(51)56/h1-30H. The van der Waals surface area contributed by atoms with E-state index >= 15 is 0 Å². The molecule has 0 aliphatic rings. The van der Waals surface area contributed by atoms with Crippen molar-refractivity contribution in [2.45, 2.75) is 0 Å². The van der Waals surface area contributed by atoms with Gasteiger partial charge in [-0.2, -0.15) is 10.5 Å². The van der Waals surface area contributed by atoms with E-state index in [1.807, 2.05) is 24.3 Å². The summed E-state index contributed by atoms with van der Waals surface area (Å²) in [6, 6.07) is 69.6. The SMILES string of the molecule is N#Cc1cc(-c2ccccc2)cc(-c2c3cc4c5ccccc5c5cccc(c3c(-c3cc(C#N)cc(-c6ccccc6)c3)c3c6cccc7cccc(c23)c76)c54)c1. The number of nitriles is 2. The van der Waals surface area contributed by atoms with Crippen LogP contribution in [0.15, 0.2) is 182 Å². The van der Waals surface area contributed by atoms with Gasteiger partial charge in [-0.05, 0) is 162 Å². The lowest BCUT2D eigenvalue weighted by atomic mass is 9.82. The van der Waals surface area contributed by atoms with E-state index < -0.39 is 0 Å². The van der Waals surface area contributed by atoms with Gasteiger partial charge in [0.1, 0.15) is 0 Å². The fourth-order valence-electron chi connectivity index (χ4n) is 10.0. The van der Waals surface area contributed by atoms with Crippen LogP contribution >= 0.6 is 0 Å². The summed E-state index contributed by atoms with van der Waals surface area (Å²) in [5.74, 6) is 0. The Hall–Kier alpha value is -8.04. The van der Waals surface area contributed by atoms with Crippen LogP contribution < -0.4 is 0 Å². The lowest BCUT2D eigenvalue weighted by molar-refractivity contribution is 1.48. The summed E-state index contributed by atoms with van der Waals surface area (Å²) in [5, 5.41) is 37.8. The fraction of sp³-hybridized carbons (Fsp3) is 0. The predicted octanol–water partition coefficient (Wildman–Crippen LogP) is 15.0. The van der Waals surface area contributed by atoms with E-state index in [4.69, 9.17) is 0 Å². The highest BCUT2D eigenvalue weighted by molar-refractivity contribution is 6.44. The predicted molar refractivity (Wildman–Crippen MR) is 243 cm³/mol. The number of hydrogen-bond acceptors (Lipinski definition) is 2. The quantitative estimate of drug-likeness (QED) is 0.169. The van der Waals surface area contributed by atoms with Crippen LogP contribution in [0.5, 0.6) is 0 Å². The normalized spacial score (nSPS) is 11.8. The van der Waals surface area contributed by atoms with Crippen LogP contribution in [0.3, 0.4) is 0 Å². The zero-order valence-corrected chi connectivity index (χ0v) is 31.2. The minimum absolute atomic E-state index is 0.614. The molecule has 0 heterocycles. The number of rotatable bonds is 4. The van der Waals surface area contributed by atoms with Crippen LogP contribution in [0, 0.1) is 22.7 Å². The molecule has 0 aliphatic carbocycles. The molecular formula is C56H30N2. The molecule has 12 aromatic rings. The highest BCUT2D eigenvalue weighted by Crippen LogP contribution is 2.55. The first kappa shape index (κ1) is 32.2. The number of fused-ring (bicyclic) bond motifs is 8. The Kier molecular flexibility index (Phi) is 6.80. The van der Waals surface area contributed by atoms with Gasteiger partial charge in [0.15, 0.2) is 0 Å². The van der Waals surface area contributed by atoms with Crippen LogP contribution in [-0.4, -0.2) is 0 Å². The van der Waals surface area contributed by atoms with Gasteiger partial charge in [0.25, 0.3) is 0 Å². The topological polar surface area (TPSA) is 47.6 Å². The van der Waals surface area contributed by atoms with Crippen LogP contribution in [0.4, 0.5) is 0 Å². The van der Waals surface area contributed by atoms with Crippen LogP contribution in [0.25, 0.3) is 120 Å². The molecule has 0 atom stereocenters. The molecule has 12 rings (SSSR count). The summed E-state index contributed by atoms with van der Waals surface area (Å²) >= 11 is 0. The van der Waals surface area contributed by atoms with Gasteiger partial charge in [-0.1, -0.05) is 140 Å². The van der Waals surface area contributed by atoms with Crippen LogP contribution in [0.1, 0.15) is 11.1 Å². The van der Waals surface area contributed by atoms with Gasteiger partial charge < -0.3 is 0 Å². The first-order chi connectivity index (χ1) is 28.7. The number of hydrogen-bond donors (Lipinski definition) is 0. The monoisotopic (exact) mass is 730 g/mol. The maximum absolute atomic E-state index is 10.6. The third kappa shape index (κ3) is 4.52. The van der Waals surface area contributed by atoms with Crippen molar-refractivity contribution in [2.24, 2.45) is 0 Å². The largest absolute Gasteiger partial charge is 0.192 e. The molecule has 0 saturated carbocycles. The van der Waals surface area contributed by atoms with Crippen molar-refractivity contribution in [1.82, 2.24) is 0 Å². The molecular weight excluding hydrogens is 701 g/mol. The average molecular weight is 731 g/mol. The van der Waals surface area contributed by atoms with Gasteiger partial charge in [0, 0.05) is 0 Å². The number of benzene rings is 10. The van der Waals surface area contributed by atoms with Crippen LogP contribution in [0.2, 0.25) is 0 Å². The fourth-order valence-corrected chi connectivity index (χ4v) is 10.0. The lowest BCUT2D eigenvalue weighted by Gasteiger charge is -2.20. The van der Waals surface area contributed by atoms with E-state index in [1.165, 1.54) is 53.9 Å². The summed E-state index contributed by atoms with van der Waals surface area (Å²) in [7, 11) is 0. The van der Waals surface area contributed by atoms with E-state index in [0.29, 0.717) is 11.1 Å². The third-order valence-corrected chi connectivity index (χ3v) is 12.3. The van der Waals surface area contributed by atoms with Gasteiger partial charge in [-0.3, -0.25) is 0 Å². The Morgan fingerprint density at radius 3 is 1.29 bits per heavy atom. The second-order valence-corrected chi connectivity index (χ2v) is 15.4. The summed E-state index contributed by atoms with van der Waals surface area (Å²) in [4.78, 5) is 0. The molecule has 0 amide bonds. The Bertz CT molecular complexity index is 3730. The second-order valence-electron chi connectivity index (χ2n) is 15.4. The molecule has 0 unspecified atom stereocenters. The van der Waals surface area contributed by atoms with E-state index in [-0.39, 0.29) is 0 Å². The Morgan fingerprint density at radius 2 is 0.707 bits per heavy atom. The maximum Gasteiger partial charge on any atom is 0.0992 e. The molecule has 2 heteroatoms. The highest BCUT2D eigenvalue weighted by atomic mass is 14.3. The minimum atomic E-state index is 0.614. The molecule has 0 radical (unpaired) electrons. The maximum atomic E-state index is 10.6. The molecule has 0 bridgehead atoms. The van der Waals surface area contributed by atoms with Gasteiger partial charge in [0.2, 0.25) is 0 Å². The first-order valence-corrected chi connectivity index (χ1v) is 19.6. The van der Waals surface area contributed by atoms with Gasteiger partial charge in [0.05, 0.1) is 23.3 Å². The van der Waals surface area contributed by atoms with Crippen molar-refractivity contribution in [3.05, 3.63) is 193 Å². The summed E-state index contributed by atoms with van der Waals surface area (Å²) in [6.45, 7) is 0. The number of nitrogens with zero attached hydrogens (tertiary/aromatic N) is 2. The van der Waals surface area contributed by atoms with E-state index in [9.17, 15) is 10.5 Å². The Morgan fingerprint density at radius 1 is 0.259 bits per heavy atom. The summed E-state index contributed by atoms with van der Waals surface area (Å²) < 4.78 is 0. The third-order valence-electron chi connectivity index (χ3n) is 12.3. The lowest BCUT2D eigenvalue weighted by Crippen LogP contribution is -1.93. The van der Waals surface area contributed by atoms with E-state index in [2.05, 4.69) is 170 Å². The van der Waals surface area contributed by atoms with E-state index in [0.717, 1.165) is 66.1 Å². The molecule has 0 aliphatic heterocycles. The minimum Gasteiger partial charge on any atom is -0.192 e. The van der Waals surface area contributed by atoms with Crippen molar-refractivity contribution in [1.29, 1.82) is 10.5 Å². The second kappa shape index (κ2) is 12.2. The van der Waals surface area contributed by atoms with Gasteiger partial charge in [-0.15, -0.1) is 0 Å². The molecule has 12 aromatic carbocycles. The highest BCUT2D eigenvalue weighted by Gasteiger charge is 2.27. The van der Waals surface area contributed by atoms with Crippen molar-refractivity contribution in [3.63, 3.8) is 0 Å². The molecule has 264 valence electrons. The Labute approximate surface area is 334 Å². The molecule has 2 nitrogen and oxygen atoms in total. The van der Waals surface area contributed by atoms with Crippen molar-refractivity contribution >= 4 is 75.4 Å². The molecule has 0 fully saturated rings. The zero-order chi connectivity index (χ0) is 38.5. The molecule has 0 saturated heterocycles. The molecule has 58 heavy (non-hydrogen) atoms.